The molecule has 0 N–H and O–H groups in total. The van der Waals surface area contributed by atoms with Gasteiger partial charge in [-0.25, -0.2) is 0 Å². The highest BCUT2D eigenvalue weighted by Crippen LogP contribution is 2.93. The summed E-state index contributed by atoms with van der Waals surface area (Å²) in [4.78, 5) is 5.16. The van der Waals surface area contributed by atoms with Crippen LogP contribution in [0, 0.1) is 47.3 Å². The van der Waals surface area contributed by atoms with E-state index in [-0.39, 0.29) is 11.2 Å². The van der Waals surface area contributed by atoms with E-state index in [1.807, 2.05) is 0 Å². The van der Waals surface area contributed by atoms with E-state index in [1.165, 1.54) is 19.3 Å². The Kier molecular flexibility index (Phi) is 5.19. The standard InChI is InChI=1S/C27H42N2O5/c1-3-28-5-9-30-13-15-32-11-7-29(8-12-33-16-14-31-10-6-28)4-2-27-23-19-17-18-20-21(19)25(27)24(20)26(1,34-27)22(18)23/h18-25H,1-17H2. The summed E-state index contributed by atoms with van der Waals surface area (Å²) < 4.78 is 31.3. The van der Waals surface area contributed by atoms with Crippen LogP contribution in [0.3, 0.4) is 0 Å². The first-order valence-electron chi connectivity index (χ1n) is 14.3. The molecule has 5 saturated carbocycles. The maximum atomic E-state index is 7.51. The van der Waals surface area contributed by atoms with Gasteiger partial charge in [-0.2, -0.15) is 0 Å². The summed E-state index contributed by atoms with van der Waals surface area (Å²) in [5.74, 6) is 7.43. The maximum Gasteiger partial charge on any atom is 0.0771 e. The van der Waals surface area contributed by atoms with Crippen LogP contribution in [0.5, 0.6) is 0 Å². The SMILES string of the molecule is C1COCCN2CCOCCOCCN(CCO1)CCC13OC4(CC2)C2C5CC(C6C5C4C61)C23. The third-order valence-corrected chi connectivity index (χ3v) is 11.7. The van der Waals surface area contributed by atoms with Gasteiger partial charge in [-0.3, -0.25) is 9.80 Å². The molecule has 34 heavy (non-hydrogen) atoms. The average molecular weight is 475 g/mol. The van der Waals surface area contributed by atoms with E-state index in [0.29, 0.717) is 26.4 Å². The summed E-state index contributed by atoms with van der Waals surface area (Å²) in [5.41, 5.74) is 0.372. The van der Waals surface area contributed by atoms with E-state index >= 15 is 0 Å². The van der Waals surface area contributed by atoms with E-state index < -0.39 is 0 Å². The summed E-state index contributed by atoms with van der Waals surface area (Å²) in [5, 5.41) is 0. The number of hydrogen-bond donors (Lipinski definition) is 0. The first-order valence-corrected chi connectivity index (χ1v) is 14.3. The van der Waals surface area contributed by atoms with Gasteiger partial charge >= 0.3 is 0 Å². The highest BCUT2D eigenvalue weighted by Gasteiger charge is 2.96. The summed E-state index contributed by atoms with van der Waals surface area (Å²) in [7, 11) is 0. The molecule has 4 saturated heterocycles. The van der Waals surface area contributed by atoms with Gasteiger partial charge in [0.15, 0.2) is 0 Å². The van der Waals surface area contributed by atoms with Crippen molar-refractivity contribution in [1.82, 2.24) is 9.80 Å². The Hall–Kier alpha value is -0.280. The molecule has 6 bridgehead atoms. The van der Waals surface area contributed by atoms with Crippen LogP contribution >= 0.6 is 0 Å². The van der Waals surface area contributed by atoms with Crippen molar-refractivity contribution in [3.63, 3.8) is 0 Å². The van der Waals surface area contributed by atoms with E-state index in [9.17, 15) is 0 Å². The van der Waals surface area contributed by atoms with Gasteiger partial charge in [0.2, 0.25) is 0 Å². The molecule has 9 aliphatic rings. The average Bonchev–Trinajstić information content (AvgIpc) is 3.49. The van der Waals surface area contributed by atoms with E-state index in [1.54, 1.807) is 0 Å². The molecule has 0 aromatic carbocycles. The Balaban J connectivity index is 1.11. The van der Waals surface area contributed by atoms with Crippen molar-refractivity contribution < 1.29 is 23.7 Å². The molecule has 0 amide bonds. The largest absolute Gasteiger partial charge is 0.378 e. The van der Waals surface area contributed by atoms with Crippen LogP contribution < -0.4 is 0 Å². The third-order valence-electron chi connectivity index (χ3n) is 11.7. The molecular weight excluding hydrogens is 432 g/mol. The lowest BCUT2D eigenvalue weighted by Crippen LogP contribution is -2.53. The molecule has 5 aliphatic carbocycles. The number of fused-ring (bicyclic) bond motifs is 4. The van der Waals surface area contributed by atoms with Gasteiger partial charge in [-0.15, -0.1) is 0 Å². The smallest absolute Gasteiger partial charge is 0.0771 e. The molecular formula is C27H42N2O5. The monoisotopic (exact) mass is 474 g/mol. The van der Waals surface area contributed by atoms with Gasteiger partial charge in [-0.1, -0.05) is 0 Å². The van der Waals surface area contributed by atoms with Crippen LogP contribution in [0.25, 0.3) is 0 Å². The zero-order valence-electron chi connectivity index (χ0n) is 20.6. The maximum absolute atomic E-state index is 7.51. The molecule has 10 atom stereocenters. The highest BCUT2D eigenvalue weighted by molar-refractivity contribution is 5.43. The first kappa shape index (κ1) is 21.8. The van der Waals surface area contributed by atoms with Crippen LogP contribution in [0.4, 0.5) is 0 Å². The summed E-state index contributed by atoms with van der Waals surface area (Å²) in [6, 6.07) is 0. The number of rotatable bonds is 0. The molecule has 7 heteroatoms. The van der Waals surface area contributed by atoms with Gasteiger partial charge in [0.1, 0.15) is 0 Å². The second-order valence-corrected chi connectivity index (χ2v) is 12.5. The normalized spacial score (nSPS) is 58.6. The van der Waals surface area contributed by atoms with Crippen molar-refractivity contribution >= 4 is 0 Å². The number of ether oxygens (including phenoxy) is 5. The fourth-order valence-corrected chi connectivity index (χ4v) is 11.0. The zero-order valence-corrected chi connectivity index (χ0v) is 20.6. The molecule has 0 aromatic rings. The lowest BCUT2D eigenvalue weighted by molar-refractivity contribution is -0.0860. The van der Waals surface area contributed by atoms with Crippen molar-refractivity contribution in [2.24, 2.45) is 47.3 Å². The second-order valence-electron chi connectivity index (χ2n) is 12.5. The molecule has 9 fully saturated rings. The fraction of sp³-hybridized carbons (Fsp3) is 1.00. The highest BCUT2D eigenvalue weighted by atomic mass is 16.5. The van der Waals surface area contributed by atoms with Crippen molar-refractivity contribution in [3.8, 4) is 0 Å². The van der Waals surface area contributed by atoms with Crippen LogP contribution in [-0.2, 0) is 23.7 Å². The van der Waals surface area contributed by atoms with Crippen molar-refractivity contribution in [3.05, 3.63) is 0 Å². The number of nitrogens with zero attached hydrogens (tertiary/aromatic N) is 2. The quantitative estimate of drug-likeness (QED) is 0.526. The topological polar surface area (TPSA) is 52.6 Å². The minimum absolute atomic E-state index is 0.186. The minimum atomic E-state index is 0.186. The third kappa shape index (κ3) is 2.78. The van der Waals surface area contributed by atoms with Crippen LogP contribution in [0.2, 0.25) is 0 Å². The molecule has 10 unspecified atom stereocenters. The molecule has 0 radical (unpaired) electrons. The Morgan fingerprint density at radius 3 is 1.29 bits per heavy atom. The zero-order chi connectivity index (χ0) is 22.3. The molecule has 2 spiro atoms. The van der Waals surface area contributed by atoms with Gasteiger partial charge in [0.25, 0.3) is 0 Å². The summed E-state index contributed by atoms with van der Waals surface area (Å²) in [6.45, 7) is 11.9. The van der Waals surface area contributed by atoms with E-state index in [4.69, 9.17) is 23.7 Å². The Morgan fingerprint density at radius 1 is 0.471 bits per heavy atom. The molecule has 4 heterocycles. The van der Waals surface area contributed by atoms with E-state index in [0.717, 1.165) is 113 Å². The van der Waals surface area contributed by atoms with Crippen molar-refractivity contribution in [1.29, 1.82) is 0 Å². The van der Waals surface area contributed by atoms with Gasteiger partial charge in [0, 0.05) is 39.3 Å². The Bertz CT molecular complexity index is 713. The van der Waals surface area contributed by atoms with Gasteiger partial charge in [0.05, 0.1) is 64.1 Å². The predicted octanol–water partition coefficient (Wildman–Crippen LogP) is 1.36. The summed E-state index contributed by atoms with van der Waals surface area (Å²) >= 11 is 0. The molecule has 9 rings (SSSR count). The van der Waals surface area contributed by atoms with Crippen molar-refractivity contribution in [2.75, 3.05) is 92.1 Å². The lowest BCUT2D eigenvalue weighted by atomic mass is 9.54. The van der Waals surface area contributed by atoms with Gasteiger partial charge in [-0.05, 0) is 66.6 Å². The van der Waals surface area contributed by atoms with Crippen molar-refractivity contribution in [2.45, 2.75) is 30.5 Å². The molecule has 7 nitrogen and oxygen atoms in total. The molecule has 0 aromatic heterocycles. The predicted molar refractivity (Wildman–Crippen MR) is 124 cm³/mol. The van der Waals surface area contributed by atoms with E-state index in [2.05, 4.69) is 9.80 Å². The number of hydrogen-bond acceptors (Lipinski definition) is 7. The second kappa shape index (κ2) is 8.11. The van der Waals surface area contributed by atoms with Crippen LogP contribution in [0.1, 0.15) is 19.3 Å². The Morgan fingerprint density at radius 2 is 0.882 bits per heavy atom. The van der Waals surface area contributed by atoms with Crippen LogP contribution in [-0.4, -0.2) is 113 Å². The van der Waals surface area contributed by atoms with Gasteiger partial charge < -0.3 is 23.7 Å². The minimum Gasteiger partial charge on any atom is -0.378 e. The summed E-state index contributed by atoms with van der Waals surface area (Å²) in [6.07, 6.45) is 3.97. The Labute approximate surface area is 203 Å². The first-order chi connectivity index (χ1) is 16.8. The lowest BCUT2D eigenvalue weighted by Gasteiger charge is -2.48. The fourth-order valence-electron chi connectivity index (χ4n) is 11.0. The van der Waals surface area contributed by atoms with Crippen LogP contribution in [0.15, 0.2) is 0 Å². The molecule has 190 valence electrons. The molecule has 4 aliphatic heterocycles.